The molecule has 3 aromatic heterocycles. The van der Waals surface area contributed by atoms with E-state index in [-0.39, 0.29) is 5.56 Å². The molecule has 6 aromatic rings. The molecule has 3 heterocycles. The lowest BCUT2D eigenvalue weighted by Gasteiger charge is -2.11. The SMILES string of the molecule is COc1cccc(-n2c(C)cc(C=Nn3c(-c4cc5cc(Cl)ccc5o4)nc4ccccc4c3=O)c2C)c1. The van der Waals surface area contributed by atoms with Crippen molar-refractivity contribution in [2.45, 2.75) is 13.8 Å². The molecule has 0 aliphatic heterocycles. The zero-order chi connectivity index (χ0) is 26.4. The van der Waals surface area contributed by atoms with Crippen LogP contribution >= 0.6 is 11.6 Å². The third-order valence-electron chi connectivity index (χ3n) is 6.55. The molecule has 0 unspecified atom stereocenters. The first-order chi connectivity index (χ1) is 18.4. The van der Waals surface area contributed by atoms with Crippen LogP contribution in [0.25, 0.3) is 39.1 Å². The first-order valence-corrected chi connectivity index (χ1v) is 12.4. The number of furan rings is 1. The van der Waals surface area contributed by atoms with E-state index in [0.29, 0.717) is 33.1 Å². The van der Waals surface area contributed by atoms with Gasteiger partial charge in [0.25, 0.3) is 5.56 Å². The van der Waals surface area contributed by atoms with Crippen molar-refractivity contribution in [2.24, 2.45) is 5.10 Å². The fourth-order valence-electron chi connectivity index (χ4n) is 4.70. The van der Waals surface area contributed by atoms with Crippen LogP contribution < -0.4 is 10.3 Å². The molecular formula is C30H23ClN4O3. The van der Waals surface area contributed by atoms with Crippen LogP contribution in [0.2, 0.25) is 5.02 Å². The van der Waals surface area contributed by atoms with Crippen molar-refractivity contribution in [3.8, 4) is 23.0 Å². The lowest BCUT2D eigenvalue weighted by molar-refractivity contribution is 0.414. The summed E-state index contributed by atoms with van der Waals surface area (Å²) in [5.74, 6) is 1.50. The van der Waals surface area contributed by atoms with Crippen molar-refractivity contribution in [3.63, 3.8) is 0 Å². The molecule has 0 saturated carbocycles. The van der Waals surface area contributed by atoms with Gasteiger partial charge in [0.15, 0.2) is 5.76 Å². The summed E-state index contributed by atoms with van der Waals surface area (Å²) in [5.41, 5.74) is 4.76. The highest BCUT2D eigenvalue weighted by atomic mass is 35.5. The van der Waals surface area contributed by atoms with Gasteiger partial charge in [0.2, 0.25) is 5.82 Å². The van der Waals surface area contributed by atoms with Gasteiger partial charge in [-0.05, 0) is 68.4 Å². The number of benzene rings is 3. The normalized spacial score (nSPS) is 11.7. The summed E-state index contributed by atoms with van der Waals surface area (Å²) in [6.07, 6.45) is 1.68. The van der Waals surface area contributed by atoms with E-state index in [4.69, 9.17) is 25.7 Å². The minimum Gasteiger partial charge on any atom is -0.497 e. The van der Waals surface area contributed by atoms with Crippen LogP contribution in [-0.2, 0) is 0 Å². The van der Waals surface area contributed by atoms with E-state index in [1.165, 1.54) is 4.68 Å². The average Bonchev–Trinajstić information content (AvgIpc) is 3.47. The van der Waals surface area contributed by atoms with Gasteiger partial charge < -0.3 is 13.7 Å². The molecule has 0 spiro atoms. The Labute approximate surface area is 223 Å². The van der Waals surface area contributed by atoms with E-state index < -0.39 is 0 Å². The van der Waals surface area contributed by atoms with Crippen LogP contribution in [0.15, 0.2) is 93.2 Å². The standard InChI is InChI=1S/C30H23ClN4O3/c1-18-13-21(19(2)34(18)23-7-6-8-24(16-23)37-3)17-32-35-29(33-26-10-5-4-9-25(26)30(35)36)28-15-20-14-22(31)11-12-27(20)38-28/h4-17H,1-3H3. The molecule has 38 heavy (non-hydrogen) atoms. The number of aryl methyl sites for hydroxylation is 1. The van der Waals surface area contributed by atoms with Crippen molar-refractivity contribution in [1.29, 1.82) is 0 Å². The van der Waals surface area contributed by atoms with Crippen LogP contribution in [0.1, 0.15) is 17.0 Å². The highest BCUT2D eigenvalue weighted by Crippen LogP contribution is 2.29. The van der Waals surface area contributed by atoms with Gasteiger partial charge in [-0.15, -0.1) is 0 Å². The number of fused-ring (bicyclic) bond motifs is 2. The molecule has 0 atom stereocenters. The second-order valence-electron chi connectivity index (χ2n) is 8.97. The van der Waals surface area contributed by atoms with Crippen molar-refractivity contribution in [1.82, 2.24) is 14.2 Å². The molecule has 0 fully saturated rings. The first-order valence-electron chi connectivity index (χ1n) is 12.0. The Morgan fingerprint density at radius 1 is 1.00 bits per heavy atom. The topological polar surface area (TPSA) is 74.6 Å². The van der Waals surface area contributed by atoms with Crippen LogP contribution in [0.3, 0.4) is 0 Å². The Hall–Kier alpha value is -4.62. The maximum absolute atomic E-state index is 13.6. The van der Waals surface area contributed by atoms with Gasteiger partial charge in [-0.1, -0.05) is 29.8 Å². The van der Waals surface area contributed by atoms with Gasteiger partial charge in [-0.25, -0.2) is 4.98 Å². The zero-order valence-electron chi connectivity index (χ0n) is 21.0. The Morgan fingerprint density at radius 3 is 2.68 bits per heavy atom. The molecule has 0 radical (unpaired) electrons. The number of halogens is 1. The molecule has 0 N–H and O–H groups in total. The van der Waals surface area contributed by atoms with Gasteiger partial charge in [-0.2, -0.15) is 9.78 Å². The molecule has 7 nitrogen and oxygen atoms in total. The van der Waals surface area contributed by atoms with E-state index in [1.54, 1.807) is 37.6 Å². The average molecular weight is 523 g/mol. The van der Waals surface area contributed by atoms with Gasteiger partial charge in [-0.3, -0.25) is 4.79 Å². The number of para-hydroxylation sites is 1. The quantitative estimate of drug-likeness (QED) is 0.234. The number of methoxy groups -OCH3 is 1. The number of rotatable bonds is 5. The number of hydrogen-bond acceptors (Lipinski definition) is 5. The molecular weight excluding hydrogens is 500 g/mol. The lowest BCUT2D eigenvalue weighted by Crippen LogP contribution is -2.20. The number of hydrogen-bond donors (Lipinski definition) is 0. The maximum atomic E-state index is 13.6. The summed E-state index contributed by atoms with van der Waals surface area (Å²) >= 11 is 6.17. The number of nitrogens with zero attached hydrogens (tertiary/aromatic N) is 4. The molecule has 0 aliphatic carbocycles. The summed E-state index contributed by atoms with van der Waals surface area (Å²) < 4.78 is 14.9. The van der Waals surface area contributed by atoms with Gasteiger partial charge in [0.1, 0.15) is 11.3 Å². The third-order valence-corrected chi connectivity index (χ3v) is 6.78. The molecule has 0 amide bonds. The number of aromatic nitrogens is 3. The highest BCUT2D eigenvalue weighted by molar-refractivity contribution is 6.31. The van der Waals surface area contributed by atoms with Gasteiger partial charge in [0.05, 0.1) is 24.2 Å². The highest BCUT2D eigenvalue weighted by Gasteiger charge is 2.17. The lowest BCUT2D eigenvalue weighted by atomic mass is 10.2. The Kier molecular flexibility index (Phi) is 5.85. The third kappa shape index (κ3) is 4.07. The second kappa shape index (κ2) is 9.36. The van der Waals surface area contributed by atoms with E-state index in [2.05, 4.69) is 9.67 Å². The molecule has 3 aromatic carbocycles. The predicted octanol–water partition coefficient (Wildman–Crippen LogP) is 6.76. The largest absolute Gasteiger partial charge is 0.497 e. The van der Waals surface area contributed by atoms with E-state index in [9.17, 15) is 4.79 Å². The van der Waals surface area contributed by atoms with Crippen LogP contribution in [0, 0.1) is 13.8 Å². The molecule has 188 valence electrons. The minimum absolute atomic E-state index is 0.290. The smallest absolute Gasteiger partial charge is 0.282 e. The van der Waals surface area contributed by atoms with E-state index in [0.717, 1.165) is 33.8 Å². The van der Waals surface area contributed by atoms with Gasteiger partial charge in [0, 0.05) is 39.1 Å². The molecule has 0 saturated heterocycles. The van der Waals surface area contributed by atoms with Crippen molar-refractivity contribution >= 4 is 39.7 Å². The Morgan fingerprint density at radius 2 is 1.84 bits per heavy atom. The Bertz CT molecular complexity index is 1930. The van der Waals surface area contributed by atoms with Gasteiger partial charge >= 0.3 is 0 Å². The van der Waals surface area contributed by atoms with Crippen LogP contribution in [0.4, 0.5) is 0 Å². The summed E-state index contributed by atoms with van der Waals surface area (Å²) in [6.45, 7) is 4.04. The Balaban J connectivity index is 1.50. The molecule has 8 heteroatoms. The van der Waals surface area contributed by atoms with Crippen LogP contribution in [-0.4, -0.2) is 27.6 Å². The second-order valence-corrected chi connectivity index (χ2v) is 9.41. The minimum atomic E-state index is -0.290. The maximum Gasteiger partial charge on any atom is 0.282 e. The molecule has 0 bridgehead atoms. The molecule has 6 rings (SSSR count). The fraction of sp³-hybridized carbons (Fsp3) is 0.100. The van der Waals surface area contributed by atoms with Crippen LogP contribution in [0.5, 0.6) is 5.75 Å². The summed E-state index contributed by atoms with van der Waals surface area (Å²) in [5, 5.41) is 6.50. The first kappa shape index (κ1) is 23.8. The summed E-state index contributed by atoms with van der Waals surface area (Å²) in [7, 11) is 1.65. The zero-order valence-corrected chi connectivity index (χ0v) is 21.7. The molecule has 0 aliphatic rings. The predicted molar refractivity (Wildman–Crippen MR) is 151 cm³/mol. The summed E-state index contributed by atoms with van der Waals surface area (Å²) in [6, 6.07) is 24.3. The van der Waals surface area contributed by atoms with Crippen molar-refractivity contribution < 1.29 is 9.15 Å². The van der Waals surface area contributed by atoms with E-state index in [1.807, 2.05) is 68.4 Å². The summed E-state index contributed by atoms with van der Waals surface area (Å²) in [4.78, 5) is 18.3. The fourth-order valence-corrected chi connectivity index (χ4v) is 4.88. The van der Waals surface area contributed by atoms with Crippen molar-refractivity contribution in [2.75, 3.05) is 7.11 Å². The monoisotopic (exact) mass is 522 g/mol. The van der Waals surface area contributed by atoms with E-state index >= 15 is 0 Å². The number of ether oxygens (including phenoxy) is 1. The van der Waals surface area contributed by atoms with Crippen molar-refractivity contribution in [3.05, 3.63) is 111 Å².